The van der Waals surface area contributed by atoms with E-state index in [9.17, 15) is 4.79 Å². The molecule has 18 heavy (non-hydrogen) atoms. The Bertz CT molecular complexity index is 482. The minimum atomic E-state index is -0.784. The average Bonchev–Trinajstić information content (AvgIpc) is 2.72. The molecule has 0 saturated heterocycles. The number of fused-ring (bicyclic) bond motifs is 1. The van der Waals surface area contributed by atoms with Crippen molar-refractivity contribution in [3.05, 3.63) is 17.7 Å². The number of hydrogen-bond donors (Lipinski definition) is 1. The normalized spacial score (nSPS) is 13.7. The van der Waals surface area contributed by atoms with Crippen LogP contribution >= 0.6 is 11.8 Å². The summed E-state index contributed by atoms with van der Waals surface area (Å²) in [5.74, 6) is 1.22. The van der Waals surface area contributed by atoms with Crippen molar-refractivity contribution in [2.75, 3.05) is 12.5 Å². The summed E-state index contributed by atoms with van der Waals surface area (Å²) in [4.78, 5) is 12.1. The molecule has 1 aromatic rings. The van der Waals surface area contributed by atoms with E-state index in [0.29, 0.717) is 5.75 Å². The standard InChI is InChI=1S/C13H16O4S/c1-8-4-9-10(17-7-16-9)5-11(8)18-6-13(2,3)12(14)15/h4-5H,6-7H2,1-3H3,(H,14,15). The SMILES string of the molecule is Cc1cc2c(cc1SCC(C)(C)C(=O)O)OCO2. The number of thioether (sulfide) groups is 1. The van der Waals surface area contributed by atoms with Gasteiger partial charge >= 0.3 is 5.97 Å². The van der Waals surface area contributed by atoms with Crippen LogP contribution in [0.5, 0.6) is 11.5 Å². The third-order valence-corrected chi connectivity index (χ3v) is 4.45. The van der Waals surface area contributed by atoms with E-state index in [4.69, 9.17) is 14.6 Å². The number of aliphatic carboxylic acids is 1. The second-order valence-electron chi connectivity index (χ2n) is 4.95. The van der Waals surface area contributed by atoms with Crippen LogP contribution in [0.2, 0.25) is 0 Å². The topological polar surface area (TPSA) is 55.8 Å². The first-order valence-electron chi connectivity index (χ1n) is 5.66. The molecule has 0 aromatic heterocycles. The molecule has 0 spiro atoms. The molecule has 0 unspecified atom stereocenters. The molecule has 0 aliphatic carbocycles. The second kappa shape index (κ2) is 4.72. The molecule has 4 nitrogen and oxygen atoms in total. The minimum absolute atomic E-state index is 0.253. The Labute approximate surface area is 110 Å². The molecule has 98 valence electrons. The summed E-state index contributed by atoms with van der Waals surface area (Å²) >= 11 is 1.53. The van der Waals surface area contributed by atoms with Gasteiger partial charge in [0.05, 0.1) is 5.41 Å². The number of carboxylic acid groups (broad SMARTS) is 1. The maximum absolute atomic E-state index is 11.1. The van der Waals surface area contributed by atoms with Crippen molar-refractivity contribution in [1.29, 1.82) is 0 Å². The average molecular weight is 268 g/mol. The molecule has 2 rings (SSSR count). The fraction of sp³-hybridized carbons (Fsp3) is 0.462. The summed E-state index contributed by atoms with van der Waals surface area (Å²) in [5.41, 5.74) is 0.332. The zero-order valence-corrected chi connectivity index (χ0v) is 11.5. The van der Waals surface area contributed by atoms with Gasteiger partial charge in [-0.15, -0.1) is 11.8 Å². The smallest absolute Gasteiger partial charge is 0.309 e. The Kier molecular flexibility index (Phi) is 3.43. The Morgan fingerprint density at radius 1 is 1.39 bits per heavy atom. The zero-order chi connectivity index (χ0) is 13.3. The summed E-state index contributed by atoms with van der Waals surface area (Å²) < 4.78 is 10.6. The van der Waals surface area contributed by atoms with Crippen molar-refractivity contribution >= 4 is 17.7 Å². The monoisotopic (exact) mass is 268 g/mol. The summed E-state index contributed by atoms with van der Waals surface area (Å²) in [6, 6.07) is 3.85. The lowest BCUT2D eigenvalue weighted by molar-refractivity contribution is -0.145. The molecule has 0 atom stereocenters. The second-order valence-corrected chi connectivity index (χ2v) is 5.97. The number of ether oxygens (including phenoxy) is 2. The number of carboxylic acids is 1. The van der Waals surface area contributed by atoms with Gasteiger partial charge in [0.1, 0.15) is 0 Å². The highest BCUT2D eigenvalue weighted by Crippen LogP contribution is 2.39. The van der Waals surface area contributed by atoms with Crippen LogP contribution in [0.1, 0.15) is 19.4 Å². The van der Waals surface area contributed by atoms with E-state index in [2.05, 4.69) is 0 Å². The highest BCUT2D eigenvalue weighted by atomic mass is 32.2. The summed E-state index contributed by atoms with van der Waals surface area (Å²) in [7, 11) is 0. The van der Waals surface area contributed by atoms with Crippen LogP contribution < -0.4 is 9.47 Å². The van der Waals surface area contributed by atoms with Crippen LogP contribution in [0.4, 0.5) is 0 Å². The van der Waals surface area contributed by atoms with Crippen LogP contribution in [0, 0.1) is 12.3 Å². The Morgan fingerprint density at radius 2 is 2.00 bits per heavy atom. The van der Waals surface area contributed by atoms with Gasteiger partial charge in [0.15, 0.2) is 11.5 Å². The largest absolute Gasteiger partial charge is 0.481 e. The molecule has 1 aliphatic rings. The first-order valence-corrected chi connectivity index (χ1v) is 6.65. The van der Waals surface area contributed by atoms with E-state index < -0.39 is 11.4 Å². The van der Waals surface area contributed by atoms with Crippen LogP contribution in [0.15, 0.2) is 17.0 Å². The first-order chi connectivity index (χ1) is 8.40. The lowest BCUT2D eigenvalue weighted by Gasteiger charge is -2.19. The summed E-state index contributed by atoms with van der Waals surface area (Å²) in [5, 5.41) is 9.09. The predicted octanol–water partition coefficient (Wildman–Crippen LogP) is 2.93. The summed E-state index contributed by atoms with van der Waals surface area (Å²) in [6.07, 6.45) is 0. The van der Waals surface area contributed by atoms with E-state index in [1.165, 1.54) is 11.8 Å². The summed E-state index contributed by atoms with van der Waals surface area (Å²) in [6.45, 7) is 5.69. The molecule has 0 radical (unpaired) electrons. The van der Waals surface area contributed by atoms with Crippen molar-refractivity contribution in [2.24, 2.45) is 5.41 Å². The fourth-order valence-electron chi connectivity index (χ4n) is 1.50. The van der Waals surface area contributed by atoms with Crippen LogP contribution in [0.3, 0.4) is 0 Å². The molecule has 1 aliphatic heterocycles. The van der Waals surface area contributed by atoms with Crippen molar-refractivity contribution < 1.29 is 19.4 Å². The predicted molar refractivity (Wildman–Crippen MR) is 69.4 cm³/mol. The van der Waals surface area contributed by atoms with Crippen LogP contribution in [-0.4, -0.2) is 23.6 Å². The first kappa shape index (κ1) is 13.1. The van der Waals surface area contributed by atoms with Crippen molar-refractivity contribution in [2.45, 2.75) is 25.7 Å². The lowest BCUT2D eigenvalue weighted by atomic mass is 9.97. The van der Waals surface area contributed by atoms with E-state index in [1.807, 2.05) is 19.1 Å². The van der Waals surface area contributed by atoms with E-state index in [0.717, 1.165) is 22.0 Å². The fourth-order valence-corrected chi connectivity index (χ4v) is 2.62. The molecule has 0 saturated carbocycles. The minimum Gasteiger partial charge on any atom is -0.481 e. The number of benzene rings is 1. The Hall–Kier alpha value is -1.36. The van der Waals surface area contributed by atoms with Crippen LogP contribution in [0.25, 0.3) is 0 Å². The van der Waals surface area contributed by atoms with Gasteiger partial charge in [0.2, 0.25) is 6.79 Å². The lowest BCUT2D eigenvalue weighted by Crippen LogP contribution is -2.26. The molecule has 0 fully saturated rings. The molecule has 1 N–H and O–H groups in total. The number of hydrogen-bond acceptors (Lipinski definition) is 4. The quantitative estimate of drug-likeness (QED) is 0.851. The van der Waals surface area contributed by atoms with E-state index in [1.54, 1.807) is 13.8 Å². The van der Waals surface area contributed by atoms with Crippen molar-refractivity contribution in [3.63, 3.8) is 0 Å². The number of rotatable bonds is 4. The van der Waals surface area contributed by atoms with Gasteiger partial charge in [-0.3, -0.25) is 4.79 Å². The molecular weight excluding hydrogens is 252 g/mol. The number of carbonyl (C=O) groups is 1. The van der Waals surface area contributed by atoms with Gasteiger partial charge in [-0.1, -0.05) is 0 Å². The zero-order valence-electron chi connectivity index (χ0n) is 10.6. The van der Waals surface area contributed by atoms with Gasteiger partial charge < -0.3 is 14.6 Å². The maximum atomic E-state index is 11.1. The molecular formula is C13H16O4S. The third-order valence-electron chi connectivity index (χ3n) is 2.84. The highest BCUT2D eigenvalue weighted by Gasteiger charge is 2.27. The molecule has 0 bridgehead atoms. The van der Waals surface area contributed by atoms with Crippen molar-refractivity contribution in [1.82, 2.24) is 0 Å². The van der Waals surface area contributed by atoms with E-state index in [-0.39, 0.29) is 6.79 Å². The van der Waals surface area contributed by atoms with Gasteiger partial charge in [0, 0.05) is 10.6 Å². The van der Waals surface area contributed by atoms with Gasteiger partial charge in [0.25, 0.3) is 0 Å². The van der Waals surface area contributed by atoms with Crippen molar-refractivity contribution in [3.8, 4) is 11.5 Å². The Balaban J connectivity index is 2.13. The van der Waals surface area contributed by atoms with Crippen LogP contribution in [-0.2, 0) is 4.79 Å². The maximum Gasteiger partial charge on any atom is 0.309 e. The third kappa shape index (κ3) is 2.56. The van der Waals surface area contributed by atoms with Gasteiger partial charge in [-0.05, 0) is 38.5 Å². The highest BCUT2D eigenvalue weighted by molar-refractivity contribution is 7.99. The molecule has 1 heterocycles. The van der Waals surface area contributed by atoms with Gasteiger partial charge in [-0.2, -0.15) is 0 Å². The molecule has 5 heteroatoms. The molecule has 0 amide bonds. The Morgan fingerprint density at radius 3 is 2.61 bits per heavy atom. The van der Waals surface area contributed by atoms with E-state index >= 15 is 0 Å². The number of aryl methyl sites for hydroxylation is 1. The van der Waals surface area contributed by atoms with Gasteiger partial charge in [-0.25, -0.2) is 0 Å². The molecule has 1 aromatic carbocycles.